The topological polar surface area (TPSA) is 201 Å². The van der Waals surface area contributed by atoms with Crippen LogP contribution in [0.3, 0.4) is 0 Å². The Balaban J connectivity index is 0.000000154. The standard InChI is InChI=1S/C21H19ClN6O2.C20H16F2N6O2/c1-11-2-3-15(8-16(11)22)24-17-9-18(25-14-4-5-14)28-20(26-17)13(10-23-28)6-12-7-19(29)27-21(12)30;21-13-2-1-3-14(18(13)22)25-15-8-16(24-12-4-5-12)28-19(26-15)11(9-23-28)6-10-7-17(29)27-20(10)30/h2-3,6,8-10,14,25H,4-5,7H2,1H3,(H,24,26)(H,27,29,30);1-3,6,8-9,12,24H,4-5,7H2,(H,25,26)(H,27,29,30)/b12-6+;10-6+. The Hall–Kier alpha value is -7.21. The molecule has 2 saturated carbocycles. The summed E-state index contributed by atoms with van der Waals surface area (Å²) in [5, 5.41) is 26.9. The number of benzene rings is 2. The second-order valence-electron chi connectivity index (χ2n) is 14.8. The van der Waals surface area contributed by atoms with Crippen molar-refractivity contribution in [1.82, 2.24) is 39.8 Å². The fourth-order valence-corrected chi connectivity index (χ4v) is 6.73. The first kappa shape index (κ1) is 38.3. The first-order chi connectivity index (χ1) is 28.9. The third-order valence-electron chi connectivity index (χ3n) is 9.97. The Kier molecular flexibility index (Phi) is 9.91. The molecule has 2 aliphatic heterocycles. The number of aromatic nitrogens is 6. The van der Waals surface area contributed by atoms with Crippen LogP contribution in [0.4, 0.5) is 43.4 Å². The predicted molar refractivity (Wildman–Crippen MR) is 220 cm³/mol. The van der Waals surface area contributed by atoms with E-state index in [4.69, 9.17) is 16.6 Å². The summed E-state index contributed by atoms with van der Waals surface area (Å²) < 4.78 is 31.0. The van der Waals surface area contributed by atoms with Gasteiger partial charge in [-0.2, -0.15) is 19.2 Å². The summed E-state index contributed by atoms with van der Waals surface area (Å²) in [6.45, 7) is 1.95. The van der Waals surface area contributed by atoms with Crippen molar-refractivity contribution in [1.29, 1.82) is 0 Å². The molecule has 2 saturated heterocycles. The molecule has 6 heterocycles. The number of anilines is 6. The summed E-state index contributed by atoms with van der Waals surface area (Å²) in [6.07, 6.45) is 10.7. The van der Waals surface area contributed by atoms with Crippen molar-refractivity contribution in [2.75, 3.05) is 21.3 Å². The van der Waals surface area contributed by atoms with E-state index in [0.717, 1.165) is 48.8 Å². The van der Waals surface area contributed by atoms with Gasteiger partial charge in [-0.25, -0.2) is 18.7 Å². The SMILES string of the molecule is Cc1ccc(Nc2cc(NC3CC3)n3ncc(/C=C4\CC(=O)NC4=O)c3n2)cc1Cl.O=C1C/C(=C\c2cnn3c(NC4CC4)cc(Nc4cccc(F)c4F)nc23)C(=O)N1. The van der Waals surface area contributed by atoms with Crippen molar-refractivity contribution in [3.8, 4) is 0 Å². The lowest BCUT2D eigenvalue weighted by Crippen LogP contribution is -2.19. The van der Waals surface area contributed by atoms with Gasteiger partial charge in [0.15, 0.2) is 22.9 Å². The number of aryl methyl sites for hydroxylation is 1. The zero-order valence-corrected chi connectivity index (χ0v) is 32.5. The van der Waals surface area contributed by atoms with Gasteiger partial charge < -0.3 is 21.3 Å². The maximum absolute atomic E-state index is 14.1. The lowest BCUT2D eigenvalue weighted by Gasteiger charge is -2.12. The number of nitrogens with one attached hydrogen (secondary N) is 6. The summed E-state index contributed by atoms with van der Waals surface area (Å²) in [5.74, 6) is -1.14. The Labute approximate surface area is 344 Å². The minimum Gasteiger partial charge on any atom is -0.367 e. The van der Waals surface area contributed by atoms with Gasteiger partial charge in [0.2, 0.25) is 11.8 Å². The summed E-state index contributed by atoms with van der Waals surface area (Å²) in [4.78, 5) is 56.0. The minimum atomic E-state index is -1.01. The van der Waals surface area contributed by atoms with Crippen LogP contribution in [0.5, 0.6) is 0 Å². The molecule has 0 spiro atoms. The van der Waals surface area contributed by atoms with E-state index in [0.29, 0.717) is 62.3 Å². The van der Waals surface area contributed by atoms with Crippen molar-refractivity contribution >= 4 is 93.3 Å². The Morgan fingerprint density at radius 1 is 0.733 bits per heavy atom. The average molecular weight is 833 g/mol. The highest BCUT2D eigenvalue weighted by Crippen LogP contribution is 2.32. The van der Waals surface area contributed by atoms with Crippen molar-refractivity contribution in [3.05, 3.63) is 105 Å². The number of nitrogens with zero attached hydrogens (tertiary/aromatic N) is 6. The Morgan fingerprint density at radius 2 is 1.27 bits per heavy atom. The van der Waals surface area contributed by atoms with Crippen LogP contribution in [-0.4, -0.2) is 64.9 Å². The molecular formula is C41H35ClF2N12O4. The molecule has 60 heavy (non-hydrogen) atoms. The first-order valence-corrected chi connectivity index (χ1v) is 19.5. The molecule has 10 rings (SSSR count). The molecule has 4 amide bonds. The van der Waals surface area contributed by atoms with Gasteiger partial charge in [0.05, 0.1) is 30.9 Å². The second-order valence-corrected chi connectivity index (χ2v) is 15.2. The molecule has 19 heteroatoms. The van der Waals surface area contributed by atoms with Crippen LogP contribution in [-0.2, 0) is 19.2 Å². The molecule has 0 bridgehead atoms. The summed E-state index contributed by atoms with van der Waals surface area (Å²) in [7, 11) is 0. The molecule has 6 aromatic rings. The van der Waals surface area contributed by atoms with E-state index >= 15 is 0 Å². The zero-order valence-electron chi connectivity index (χ0n) is 31.8. The number of halogens is 3. The monoisotopic (exact) mass is 832 g/mol. The lowest BCUT2D eigenvalue weighted by molar-refractivity contribution is -0.125. The van der Waals surface area contributed by atoms with E-state index in [9.17, 15) is 28.0 Å². The van der Waals surface area contributed by atoms with Gasteiger partial charge in [0.25, 0.3) is 11.8 Å². The smallest absolute Gasteiger partial charge is 0.254 e. The summed E-state index contributed by atoms with van der Waals surface area (Å²) in [5.41, 5.74) is 4.65. The molecule has 4 aliphatic rings. The fourth-order valence-electron chi connectivity index (χ4n) is 6.54. The van der Waals surface area contributed by atoms with E-state index in [1.807, 2.05) is 31.2 Å². The number of carbonyl (C=O) groups excluding carboxylic acids is 4. The maximum Gasteiger partial charge on any atom is 0.254 e. The number of fused-ring (bicyclic) bond motifs is 2. The Bertz CT molecular complexity index is 2850. The number of rotatable bonds is 10. The van der Waals surface area contributed by atoms with Gasteiger partial charge in [0, 0.05) is 57.2 Å². The van der Waals surface area contributed by atoms with E-state index in [1.165, 1.54) is 18.3 Å². The quantitative estimate of drug-likeness (QED) is 0.0676. The molecule has 0 radical (unpaired) electrons. The van der Waals surface area contributed by atoms with E-state index in [1.54, 1.807) is 33.4 Å². The number of amides is 4. The van der Waals surface area contributed by atoms with Crippen molar-refractivity contribution in [2.45, 2.75) is 57.5 Å². The molecular weight excluding hydrogens is 798 g/mol. The van der Waals surface area contributed by atoms with Crippen LogP contribution >= 0.6 is 11.6 Å². The molecule has 2 aliphatic carbocycles. The van der Waals surface area contributed by atoms with Gasteiger partial charge in [-0.05, 0) is 74.6 Å². The van der Waals surface area contributed by atoms with Crippen molar-refractivity contribution in [2.24, 2.45) is 0 Å². The predicted octanol–water partition coefficient (Wildman–Crippen LogP) is 6.19. The highest BCUT2D eigenvalue weighted by atomic mass is 35.5. The molecule has 4 aromatic heterocycles. The summed E-state index contributed by atoms with van der Waals surface area (Å²) in [6, 6.07) is 13.8. The van der Waals surface area contributed by atoms with Crippen molar-refractivity contribution < 1.29 is 28.0 Å². The maximum atomic E-state index is 14.1. The molecule has 0 unspecified atom stereocenters. The first-order valence-electron chi connectivity index (χ1n) is 19.1. The van der Waals surface area contributed by atoms with Gasteiger partial charge >= 0.3 is 0 Å². The highest BCUT2D eigenvalue weighted by molar-refractivity contribution is 6.31. The third-order valence-corrected chi connectivity index (χ3v) is 10.4. The largest absolute Gasteiger partial charge is 0.367 e. The van der Waals surface area contributed by atoms with Crippen LogP contribution in [0, 0.1) is 18.6 Å². The van der Waals surface area contributed by atoms with Gasteiger partial charge in [-0.15, -0.1) is 0 Å². The number of hydrogen-bond donors (Lipinski definition) is 6. The molecule has 304 valence electrons. The van der Waals surface area contributed by atoms with Crippen molar-refractivity contribution in [3.63, 3.8) is 0 Å². The fraction of sp³-hybridized carbons (Fsp3) is 0.220. The Morgan fingerprint density at radius 3 is 1.75 bits per heavy atom. The third kappa shape index (κ3) is 8.22. The van der Waals surface area contributed by atoms with Crippen LogP contribution < -0.4 is 31.9 Å². The second kappa shape index (κ2) is 15.5. The number of hydrogen-bond acceptors (Lipinski definition) is 12. The molecule has 0 atom stereocenters. The summed E-state index contributed by atoms with van der Waals surface area (Å²) >= 11 is 6.25. The van der Waals surface area contributed by atoms with E-state index < -0.39 is 17.5 Å². The molecule has 4 fully saturated rings. The average Bonchev–Trinajstić information content (AvgIpc) is 4.07. The van der Waals surface area contributed by atoms with Crippen LogP contribution in [0.2, 0.25) is 5.02 Å². The molecule has 2 aromatic carbocycles. The van der Waals surface area contributed by atoms with Crippen LogP contribution in [0.25, 0.3) is 23.4 Å². The molecule has 6 N–H and O–H groups in total. The zero-order chi connectivity index (χ0) is 41.7. The van der Waals surface area contributed by atoms with E-state index in [-0.39, 0.29) is 42.1 Å². The van der Waals surface area contributed by atoms with Gasteiger partial charge in [-0.3, -0.25) is 29.8 Å². The molecule has 16 nitrogen and oxygen atoms in total. The highest BCUT2D eigenvalue weighted by Gasteiger charge is 2.28. The normalized spacial score (nSPS) is 17.6. The van der Waals surface area contributed by atoms with Gasteiger partial charge in [0.1, 0.15) is 23.3 Å². The van der Waals surface area contributed by atoms with Crippen LogP contribution in [0.1, 0.15) is 55.2 Å². The van der Waals surface area contributed by atoms with Gasteiger partial charge in [-0.1, -0.05) is 23.7 Å². The van der Waals surface area contributed by atoms with Crippen LogP contribution in [0.15, 0.2) is 72.1 Å². The number of imide groups is 2. The minimum absolute atomic E-state index is 0.0181. The van der Waals surface area contributed by atoms with E-state index in [2.05, 4.69) is 47.1 Å². The lowest BCUT2D eigenvalue weighted by atomic mass is 10.1. The number of carbonyl (C=O) groups is 4.